The van der Waals surface area contributed by atoms with Gasteiger partial charge in [-0.05, 0) is 54.4 Å². The highest BCUT2D eigenvalue weighted by atomic mass is 19.1. The van der Waals surface area contributed by atoms with E-state index in [2.05, 4.69) is 5.32 Å². The van der Waals surface area contributed by atoms with E-state index in [4.69, 9.17) is 0 Å². The Morgan fingerprint density at radius 3 is 2.20 bits per heavy atom. The fourth-order valence-corrected chi connectivity index (χ4v) is 3.27. The van der Waals surface area contributed by atoms with Crippen LogP contribution in [0.1, 0.15) is 11.1 Å². The molecule has 0 saturated heterocycles. The summed E-state index contributed by atoms with van der Waals surface area (Å²) in [5.41, 5.74) is 1.04. The highest BCUT2D eigenvalue weighted by Gasteiger charge is 2.41. The number of hydrogen-bond donors (Lipinski definition) is 1. The zero-order chi connectivity index (χ0) is 21.4. The Hall–Kier alpha value is -3.87. The van der Waals surface area contributed by atoms with Gasteiger partial charge in [0.15, 0.2) is 0 Å². The van der Waals surface area contributed by atoms with Gasteiger partial charge in [-0.15, -0.1) is 0 Å². The second-order valence-corrected chi connectivity index (χ2v) is 6.79. The molecular formula is C23H15F3N2O2. The molecule has 0 radical (unpaired) electrons. The van der Waals surface area contributed by atoms with Crippen molar-refractivity contribution < 1.29 is 22.8 Å². The molecule has 3 aromatic rings. The number of amides is 2. The number of nitrogens with one attached hydrogen (secondary N) is 1. The molecule has 0 bridgehead atoms. The number of anilines is 2. The number of rotatable bonds is 4. The van der Waals surface area contributed by atoms with Crippen molar-refractivity contribution in [1.29, 1.82) is 0 Å². The first-order valence-electron chi connectivity index (χ1n) is 9.03. The van der Waals surface area contributed by atoms with E-state index in [1.807, 2.05) is 13.0 Å². The van der Waals surface area contributed by atoms with Gasteiger partial charge in [0.1, 0.15) is 23.1 Å². The zero-order valence-electron chi connectivity index (χ0n) is 15.7. The minimum atomic E-state index is -0.923. The molecule has 0 fully saturated rings. The number of carbonyl (C=O) groups excluding carboxylic acids is 2. The normalized spacial score (nSPS) is 13.9. The summed E-state index contributed by atoms with van der Waals surface area (Å²) in [6.07, 6.45) is 0. The highest BCUT2D eigenvalue weighted by Crippen LogP contribution is 2.35. The van der Waals surface area contributed by atoms with Crippen LogP contribution in [0.2, 0.25) is 0 Å². The Kier molecular flexibility index (Phi) is 4.87. The van der Waals surface area contributed by atoms with Gasteiger partial charge in [-0.2, -0.15) is 0 Å². The predicted molar refractivity (Wildman–Crippen MR) is 107 cm³/mol. The van der Waals surface area contributed by atoms with Crippen LogP contribution in [0.15, 0.2) is 72.4 Å². The largest absolute Gasteiger partial charge is 0.350 e. The van der Waals surface area contributed by atoms with Gasteiger partial charge >= 0.3 is 0 Å². The third kappa shape index (κ3) is 3.45. The molecule has 1 aliphatic rings. The first kappa shape index (κ1) is 19.4. The van der Waals surface area contributed by atoms with Gasteiger partial charge in [0.25, 0.3) is 11.8 Å². The van der Waals surface area contributed by atoms with Crippen LogP contribution in [0.25, 0.3) is 5.57 Å². The van der Waals surface area contributed by atoms with E-state index in [1.54, 1.807) is 18.2 Å². The van der Waals surface area contributed by atoms with E-state index < -0.39 is 35.0 Å². The molecule has 7 heteroatoms. The van der Waals surface area contributed by atoms with Crippen molar-refractivity contribution in [2.75, 3.05) is 10.2 Å². The summed E-state index contributed by atoms with van der Waals surface area (Å²) in [5.74, 6) is -3.92. The summed E-state index contributed by atoms with van der Waals surface area (Å²) < 4.78 is 41.5. The number of carbonyl (C=O) groups is 2. The molecule has 1 heterocycles. The third-order valence-corrected chi connectivity index (χ3v) is 4.65. The quantitative estimate of drug-likeness (QED) is 0.631. The van der Waals surface area contributed by atoms with Gasteiger partial charge in [-0.25, -0.2) is 18.1 Å². The van der Waals surface area contributed by atoms with Crippen LogP contribution >= 0.6 is 0 Å². The molecule has 0 aliphatic carbocycles. The van der Waals surface area contributed by atoms with Gasteiger partial charge < -0.3 is 5.32 Å². The SMILES string of the molecule is Cc1cccc(NC2=C(c3ccc(F)cc3)C(=O)N(c3cc(F)ccc3F)C2=O)c1. The maximum Gasteiger partial charge on any atom is 0.282 e. The summed E-state index contributed by atoms with van der Waals surface area (Å²) in [6, 6.07) is 14.6. The lowest BCUT2D eigenvalue weighted by Gasteiger charge is -2.16. The molecule has 3 aromatic carbocycles. The number of aryl methyl sites for hydroxylation is 1. The minimum Gasteiger partial charge on any atom is -0.350 e. The molecule has 0 atom stereocenters. The van der Waals surface area contributed by atoms with Crippen molar-refractivity contribution in [3.63, 3.8) is 0 Å². The fraction of sp³-hybridized carbons (Fsp3) is 0.0435. The standard InChI is InChI=1S/C23H15F3N2O2/c1-13-3-2-4-17(11-13)27-21-20(14-5-7-15(24)8-6-14)22(29)28(23(21)30)19-12-16(25)9-10-18(19)26/h2-12,27H,1H3. The maximum absolute atomic E-state index is 14.4. The maximum atomic E-state index is 14.4. The Morgan fingerprint density at radius 2 is 1.50 bits per heavy atom. The molecule has 150 valence electrons. The number of benzene rings is 3. The van der Waals surface area contributed by atoms with Crippen LogP contribution in [-0.2, 0) is 9.59 Å². The van der Waals surface area contributed by atoms with Crippen molar-refractivity contribution >= 4 is 28.8 Å². The molecular weight excluding hydrogens is 393 g/mol. The van der Waals surface area contributed by atoms with Gasteiger partial charge in [0.2, 0.25) is 0 Å². The van der Waals surface area contributed by atoms with Crippen molar-refractivity contribution in [2.45, 2.75) is 6.92 Å². The smallest absolute Gasteiger partial charge is 0.282 e. The zero-order valence-corrected chi connectivity index (χ0v) is 15.7. The molecule has 4 nitrogen and oxygen atoms in total. The van der Waals surface area contributed by atoms with Crippen molar-refractivity contribution in [3.05, 3.63) is 101 Å². The molecule has 2 amide bonds. The topological polar surface area (TPSA) is 49.4 Å². The van der Waals surface area contributed by atoms with E-state index in [0.717, 1.165) is 35.9 Å². The average molecular weight is 408 g/mol. The third-order valence-electron chi connectivity index (χ3n) is 4.65. The van der Waals surface area contributed by atoms with E-state index in [9.17, 15) is 22.8 Å². The van der Waals surface area contributed by atoms with Crippen LogP contribution in [0.4, 0.5) is 24.5 Å². The van der Waals surface area contributed by atoms with Crippen LogP contribution in [0.5, 0.6) is 0 Å². The van der Waals surface area contributed by atoms with Gasteiger partial charge in [-0.3, -0.25) is 9.59 Å². The minimum absolute atomic E-state index is 0.0647. The second kappa shape index (κ2) is 7.51. The molecule has 0 saturated carbocycles. The monoisotopic (exact) mass is 408 g/mol. The summed E-state index contributed by atoms with van der Waals surface area (Å²) in [7, 11) is 0. The number of nitrogens with zero attached hydrogens (tertiary/aromatic N) is 1. The molecule has 4 rings (SSSR count). The summed E-state index contributed by atoms with van der Waals surface area (Å²) in [4.78, 5) is 26.9. The Morgan fingerprint density at radius 1 is 0.800 bits per heavy atom. The Bertz CT molecular complexity index is 1200. The Labute approximate surface area is 170 Å². The molecule has 1 aliphatic heterocycles. The summed E-state index contributed by atoms with van der Waals surface area (Å²) >= 11 is 0. The van der Waals surface area contributed by atoms with Crippen LogP contribution in [-0.4, -0.2) is 11.8 Å². The van der Waals surface area contributed by atoms with Crippen LogP contribution < -0.4 is 10.2 Å². The lowest BCUT2D eigenvalue weighted by molar-refractivity contribution is -0.120. The van der Waals surface area contributed by atoms with Crippen molar-refractivity contribution in [2.24, 2.45) is 0 Å². The Balaban J connectivity index is 1.86. The molecule has 0 aromatic heterocycles. The number of hydrogen-bond acceptors (Lipinski definition) is 3. The van der Waals surface area contributed by atoms with E-state index >= 15 is 0 Å². The van der Waals surface area contributed by atoms with Crippen LogP contribution in [0.3, 0.4) is 0 Å². The number of halogens is 3. The molecule has 0 spiro atoms. The predicted octanol–water partition coefficient (Wildman–Crippen LogP) is 4.81. The van der Waals surface area contributed by atoms with Crippen molar-refractivity contribution in [1.82, 2.24) is 0 Å². The first-order chi connectivity index (χ1) is 14.3. The average Bonchev–Trinajstić information content (AvgIpc) is 2.94. The van der Waals surface area contributed by atoms with Crippen molar-refractivity contribution in [3.8, 4) is 0 Å². The lowest BCUT2D eigenvalue weighted by Crippen LogP contribution is -2.33. The van der Waals surface area contributed by atoms with E-state index in [1.165, 1.54) is 12.1 Å². The first-order valence-corrected chi connectivity index (χ1v) is 9.03. The summed E-state index contributed by atoms with van der Waals surface area (Å²) in [6.45, 7) is 1.86. The highest BCUT2D eigenvalue weighted by molar-refractivity contribution is 6.46. The number of imide groups is 1. The van der Waals surface area contributed by atoms with Crippen LogP contribution in [0, 0.1) is 24.4 Å². The molecule has 30 heavy (non-hydrogen) atoms. The second-order valence-electron chi connectivity index (χ2n) is 6.79. The lowest BCUT2D eigenvalue weighted by atomic mass is 10.0. The molecule has 0 unspecified atom stereocenters. The molecule has 1 N–H and O–H groups in total. The van der Waals surface area contributed by atoms with Gasteiger partial charge in [-0.1, -0.05) is 24.3 Å². The van der Waals surface area contributed by atoms with Gasteiger partial charge in [0.05, 0.1) is 11.3 Å². The van der Waals surface area contributed by atoms with E-state index in [0.29, 0.717) is 10.6 Å². The van der Waals surface area contributed by atoms with Gasteiger partial charge in [0, 0.05) is 11.8 Å². The summed E-state index contributed by atoms with van der Waals surface area (Å²) in [5, 5.41) is 2.92. The fourth-order valence-electron chi connectivity index (χ4n) is 3.27. The van der Waals surface area contributed by atoms with E-state index in [-0.39, 0.29) is 16.8 Å².